The van der Waals surface area contributed by atoms with Crippen molar-refractivity contribution in [2.24, 2.45) is 18.7 Å². The summed E-state index contributed by atoms with van der Waals surface area (Å²) in [5.74, 6) is 0.554. The predicted molar refractivity (Wildman–Crippen MR) is 58.4 cm³/mol. The minimum atomic E-state index is 0.266. The number of nitrogens with two attached hydrogens (primary N) is 1. The van der Waals surface area contributed by atoms with Crippen molar-refractivity contribution in [3.8, 4) is 0 Å². The van der Waals surface area contributed by atoms with Gasteiger partial charge in [0.25, 0.3) is 0 Å². The molecule has 2 atom stereocenters. The maximum Gasteiger partial charge on any atom is 0.0509 e. The van der Waals surface area contributed by atoms with E-state index < -0.39 is 0 Å². The summed E-state index contributed by atoms with van der Waals surface area (Å²) in [4.78, 5) is 0. The van der Waals surface area contributed by atoms with Gasteiger partial charge in [0.1, 0.15) is 0 Å². The molecule has 2 N–H and O–H groups in total. The number of aromatic nitrogens is 2. The lowest BCUT2D eigenvalue weighted by molar-refractivity contribution is 0.180. The number of hydrogen-bond donors (Lipinski definition) is 1. The third-order valence-electron chi connectivity index (χ3n) is 3.23. The van der Waals surface area contributed by atoms with Gasteiger partial charge < -0.3 is 10.5 Å². The number of hydrogen-bond acceptors (Lipinski definition) is 3. The van der Waals surface area contributed by atoms with Crippen LogP contribution in [0.4, 0.5) is 0 Å². The Hall–Kier alpha value is -0.870. The van der Waals surface area contributed by atoms with Gasteiger partial charge in [-0.05, 0) is 31.2 Å². The molecule has 1 saturated heterocycles. The van der Waals surface area contributed by atoms with Crippen LogP contribution in [-0.2, 0) is 18.2 Å². The third-order valence-corrected chi connectivity index (χ3v) is 3.23. The second kappa shape index (κ2) is 4.77. The maximum absolute atomic E-state index is 6.14. The molecule has 1 aliphatic rings. The standard InChI is InChI=1S/C11H19N3O/c1-14-10(4-6-13-14)2-3-11(12)9-5-7-15-8-9/h4,6,9,11H,2-3,5,7-8,12H2,1H3. The number of aryl methyl sites for hydroxylation is 2. The molecule has 0 saturated carbocycles. The molecule has 84 valence electrons. The summed E-state index contributed by atoms with van der Waals surface area (Å²) in [7, 11) is 1.97. The van der Waals surface area contributed by atoms with Gasteiger partial charge in [-0.1, -0.05) is 0 Å². The summed E-state index contributed by atoms with van der Waals surface area (Å²) in [6.07, 6.45) is 4.98. The molecular weight excluding hydrogens is 190 g/mol. The lowest BCUT2D eigenvalue weighted by Crippen LogP contribution is -2.31. The normalized spacial score (nSPS) is 23.2. The van der Waals surface area contributed by atoms with Crippen LogP contribution in [0.1, 0.15) is 18.5 Å². The zero-order valence-electron chi connectivity index (χ0n) is 9.22. The van der Waals surface area contributed by atoms with E-state index in [0.29, 0.717) is 5.92 Å². The molecule has 2 heterocycles. The van der Waals surface area contributed by atoms with E-state index in [0.717, 1.165) is 32.5 Å². The Morgan fingerprint density at radius 3 is 3.20 bits per heavy atom. The molecule has 0 radical (unpaired) electrons. The Morgan fingerprint density at radius 2 is 2.60 bits per heavy atom. The van der Waals surface area contributed by atoms with Crippen molar-refractivity contribution in [3.05, 3.63) is 18.0 Å². The third kappa shape index (κ3) is 2.58. The SMILES string of the molecule is Cn1nccc1CCC(N)C1CCOC1. The fourth-order valence-electron chi connectivity index (χ4n) is 2.09. The molecule has 0 bridgehead atoms. The van der Waals surface area contributed by atoms with E-state index in [1.807, 2.05) is 17.9 Å². The topological polar surface area (TPSA) is 53.1 Å². The highest BCUT2D eigenvalue weighted by molar-refractivity contribution is 5.00. The Balaban J connectivity index is 1.80. The average molecular weight is 209 g/mol. The van der Waals surface area contributed by atoms with Crippen LogP contribution < -0.4 is 5.73 Å². The molecule has 4 nitrogen and oxygen atoms in total. The van der Waals surface area contributed by atoms with Gasteiger partial charge in [0.15, 0.2) is 0 Å². The van der Waals surface area contributed by atoms with Crippen LogP contribution in [0.25, 0.3) is 0 Å². The summed E-state index contributed by atoms with van der Waals surface area (Å²) in [5.41, 5.74) is 7.39. The second-order valence-corrected chi connectivity index (χ2v) is 4.27. The van der Waals surface area contributed by atoms with Gasteiger partial charge in [-0.15, -0.1) is 0 Å². The van der Waals surface area contributed by atoms with Gasteiger partial charge in [0, 0.05) is 31.6 Å². The quantitative estimate of drug-likeness (QED) is 0.795. The van der Waals surface area contributed by atoms with E-state index in [-0.39, 0.29) is 6.04 Å². The minimum absolute atomic E-state index is 0.266. The monoisotopic (exact) mass is 209 g/mol. The predicted octanol–water partition coefficient (Wildman–Crippen LogP) is 0.717. The highest BCUT2D eigenvalue weighted by Gasteiger charge is 2.22. The molecule has 1 aromatic heterocycles. The van der Waals surface area contributed by atoms with E-state index in [1.54, 1.807) is 0 Å². The smallest absolute Gasteiger partial charge is 0.0509 e. The zero-order valence-corrected chi connectivity index (χ0v) is 9.22. The van der Waals surface area contributed by atoms with E-state index in [4.69, 9.17) is 10.5 Å². The number of nitrogens with zero attached hydrogens (tertiary/aromatic N) is 2. The van der Waals surface area contributed by atoms with Crippen molar-refractivity contribution in [3.63, 3.8) is 0 Å². The first kappa shape index (κ1) is 10.6. The average Bonchev–Trinajstić information content (AvgIpc) is 2.85. The van der Waals surface area contributed by atoms with Crippen LogP contribution in [0.15, 0.2) is 12.3 Å². The summed E-state index contributed by atoms with van der Waals surface area (Å²) in [5, 5.41) is 4.14. The van der Waals surface area contributed by atoms with Gasteiger partial charge in [-0.3, -0.25) is 4.68 Å². The maximum atomic E-state index is 6.14. The van der Waals surface area contributed by atoms with Gasteiger partial charge in [0.2, 0.25) is 0 Å². The van der Waals surface area contributed by atoms with E-state index in [2.05, 4.69) is 11.2 Å². The molecule has 0 aromatic carbocycles. The molecule has 1 fully saturated rings. The van der Waals surface area contributed by atoms with Crippen molar-refractivity contribution >= 4 is 0 Å². The van der Waals surface area contributed by atoms with Crippen LogP contribution in [0, 0.1) is 5.92 Å². The van der Waals surface area contributed by atoms with Gasteiger partial charge in [-0.25, -0.2) is 0 Å². The van der Waals surface area contributed by atoms with E-state index in [9.17, 15) is 0 Å². The van der Waals surface area contributed by atoms with Gasteiger partial charge in [-0.2, -0.15) is 5.10 Å². The number of rotatable bonds is 4. The lowest BCUT2D eigenvalue weighted by Gasteiger charge is -2.17. The Morgan fingerprint density at radius 1 is 1.73 bits per heavy atom. The first-order chi connectivity index (χ1) is 7.27. The van der Waals surface area contributed by atoms with Crippen LogP contribution in [0.2, 0.25) is 0 Å². The first-order valence-corrected chi connectivity index (χ1v) is 5.57. The Labute approximate surface area is 90.4 Å². The highest BCUT2D eigenvalue weighted by atomic mass is 16.5. The van der Waals surface area contributed by atoms with E-state index in [1.165, 1.54) is 5.69 Å². The molecule has 1 aliphatic heterocycles. The summed E-state index contributed by atoms with van der Waals surface area (Å²) >= 11 is 0. The minimum Gasteiger partial charge on any atom is -0.381 e. The molecular formula is C11H19N3O. The summed E-state index contributed by atoms with van der Waals surface area (Å²) in [6, 6.07) is 2.32. The molecule has 0 aliphatic carbocycles. The Kier molecular flexibility index (Phi) is 3.38. The highest BCUT2D eigenvalue weighted by Crippen LogP contribution is 2.18. The van der Waals surface area contributed by atoms with Crippen LogP contribution in [-0.4, -0.2) is 29.0 Å². The zero-order chi connectivity index (χ0) is 10.7. The van der Waals surface area contributed by atoms with E-state index >= 15 is 0 Å². The van der Waals surface area contributed by atoms with Crippen molar-refractivity contribution in [2.75, 3.05) is 13.2 Å². The van der Waals surface area contributed by atoms with Gasteiger partial charge in [0.05, 0.1) is 6.61 Å². The molecule has 0 amide bonds. The van der Waals surface area contributed by atoms with Crippen molar-refractivity contribution in [1.82, 2.24) is 9.78 Å². The van der Waals surface area contributed by atoms with Crippen LogP contribution >= 0.6 is 0 Å². The molecule has 1 aromatic rings. The first-order valence-electron chi connectivity index (χ1n) is 5.57. The molecule has 2 rings (SSSR count). The number of ether oxygens (including phenoxy) is 1. The summed E-state index contributed by atoms with van der Waals surface area (Å²) < 4.78 is 7.26. The van der Waals surface area contributed by atoms with Crippen molar-refractivity contribution in [2.45, 2.75) is 25.3 Å². The fourth-order valence-corrected chi connectivity index (χ4v) is 2.09. The van der Waals surface area contributed by atoms with Crippen molar-refractivity contribution in [1.29, 1.82) is 0 Å². The lowest BCUT2D eigenvalue weighted by atomic mass is 9.95. The molecule has 4 heteroatoms. The largest absolute Gasteiger partial charge is 0.381 e. The van der Waals surface area contributed by atoms with Crippen LogP contribution in [0.5, 0.6) is 0 Å². The van der Waals surface area contributed by atoms with Crippen LogP contribution in [0.3, 0.4) is 0 Å². The van der Waals surface area contributed by atoms with Crippen molar-refractivity contribution < 1.29 is 4.74 Å². The second-order valence-electron chi connectivity index (χ2n) is 4.27. The van der Waals surface area contributed by atoms with Gasteiger partial charge >= 0.3 is 0 Å². The molecule has 0 spiro atoms. The fraction of sp³-hybridized carbons (Fsp3) is 0.727. The Bertz CT molecular complexity index is 305. The summed E-state index contributed by atoms with van der Waals surface area (Å²) in [6.45, 7) is 1.72. The molecule has 15 heavy (non-hydrogen) atoms. The molecule has 2 unspecified atom stereocenters.